The van der Waals surface area contributed by atoms with Crippen LogP contribution >= 0.6 is 0 Å². The summed E-state index contributed by atoms with van der Waals surface area (Å²) in [7, 11) is 0. The van der Waals surface area contributed by atoms with Gasteiger partial charge in [0.15, 0.2) is 0 Å². The van der Waals surface area contributed by atoms with Gasteiger partial charge in [-0.05, 0) is 30.3 Å². The van der Waals surface area contributed by atoms with Crippen LogP contribution in [0, 0.1) is 18.3 Å². The maximum absolute atomic E-state index is 2.34. The Bertz CT molecular complexity index is 220. The van der Waals surface area contributed by atoms with Crippen LogP contribution in [0.1, 0.15) is 26.7 Å². The van der Waals surface area contributed by atoms with Gasteiger partial charge in [0.2, 0.25) is 0 Å². The van der Waals surface area contributed by atoms with E-state index in [0.29, 0.717) is 0 Å². The van der Waals surface area contributed by atoms with Crippen LogP contribution in [-0.2, 0) is 0 Å². The molecule has 1 radical (unpaired) electrons. The molecule has 0 N–H and O–H groups in total. The van der Waals surface area contributed by atoms with Gasteiger partial charge in [-0.3, -0.25) is 0 Å². The van der Waals surface area contributed by atoms with Gasteiger partial charge in [0.05, 0.1) is 0 Å². The van der Waals surface area contributed by atoms with Gasteiger partial charge < -0.3 is 0 Å². The van der Waals surface area contributed by atoms with Gasteiger partial charge in [0.25, 0.3) is 0 Å². The van der Waals surface area contributed by atoms with E-state index in [1.54, 1.807) is 11.1 Å². The lowest BCUT2D eigenvalue weighted by Gasteiger charge is -2.26. The summed E-state index contributed by atoms with van der Waals surface area (Å²) >= 11 is 0. The van der Waals surface area contributed by atoms with E-state index >= 15 is 0 Å². The fourth-order valence-corrected chi connectivity index (χ4v) is 2.16. The van der Waals surface area contributed by atoms with Gasteiger partial charge in [0.1, 0.15) is 0 Å². The van der Waals surface area contributed by atoms with Crippen molar-refractivity contribution in [2.45, 2.75) is 26.7 Å². The minimum Gasteiger partial charge on any atom is -0.0761 e. The molecule has 2 rings (SSSR count). The second-order valence-electron chi connectivity index (χ2n) is 3.82. The predicted octanol–water partition coefficient (Wildman–Crippen LogP) is 3.12. The van der Waals surface area contributed by atoms with Crippen molar-refractivity contribution in [3.05, 3.63) is 29.7 Å². The molecule has 0 heterocycles. The summed E-state index contributed by atoms with van der Waals surface area (Å²) in [6.07, 6.45) is 9.52. The topological polar surface area (TPSA) is 0 Å². The summed E-state index contributed by atoms with van der Waals surface area (Å²) in [5.74, 6) is 1.60. The van der Waals surface area contributed by atoms with Crippen LogP contribution in [-0.4, -0.2) is 0 Å². The molecule has 2 unspecified atom stereocenters. The molecule has 0 saturated heterocycles. The lowest BCUT2D eigenvalue weighted by atomic mass is 9.79. The molecule has 2 aliphatic carbocycles. The molecule has 0 aromatic heterocycles. The maximum Gasteiger partial charge on any atom is 0.00892 e. The third-order valence-corrected chi connectivity index (χ3v) is 2.98. The smallest absolute Gasteiger partial charge is 0.00892 e. The first-order valence-electron chi connectivity index (χ1n) is 4.54. The van der Waals surface area contributed by atoms with Crippen LogP contribution in [0.15, 0.2) is 23.3 Å². The molecule has 0 heteroatoms. The highest BCUT2D eigenvalue weighted by Gasteiger charge is 2.24. The molecular formula is C11H15. The number of hydrogen-bond donors (Lipinski definition) is 0. The highest BCUT2D eigenvalue weighted by Crippen LogP contribution is 2.39. The van der Waals surface area contributed by atoms with Crippen molar-refractivity contribution in [2.75, 3.05) is 0 Å². The summed E-state index contributed by atoms with van der Waals surface area (Å²) in [6, 6.07) is 0. The van der Waals surface area contributed by atoms with Crippen LogP contribution in [0.5, 0.6) is 0 Å². The molecule has 0 saturated carbocycles. The molecule has 0 aromatic rings. The highest BCUT2D eigenvalue weighted by atomic mass is 14.3. The van der Waals surface area contributed by atoms with Crippen molar-refractivity contribution in [1.29, 1.82) is 0 Å². The lowest BCUT2D eigenvalue weighted by Crippen LogP contribution is -2.12. The summed E-state index contributed by atoms with van der Waals surface area (Å²) in [4.78, 5) is 0. The minimum absolute atomic E-state index is 0.802. The Morgan fingerprint density at radius 1 is 1.09 bits per heavy atom. The number of rotatable bonds is 0. The van der Waals surface area contributed by atoms with Crippen LogP contribution < -0.4 is 0 Å². The average molecular weight is 147 g/mol. The fraction of sp³-hybridized carbons (Fsp3) is 0.545. The molecule has 0 amide bonds. The van der Waals surface area contributed by atoms with Crippen LogP contribution in [0.2, 0.25) is 0 Å². The monoisotopic (exact) mass is 147 g/mol. The van der Waals surface area contributed by atoms with Crippen LogP contribution in [0.4, 0.5) is 0 Å². The van der Waals surface area contributed by atoms with E-state index in [0.717, 1.165) is 11.8 Å². The Kier molecular flexibility index (Phi) is 1.63. The van der Waals surface area contributed by atoms with Gasteiger partial charge in [-0.25, -0.2) is 0 Å². The zero-order valence-corrected chi connectivity index (χ0v) is 7.30. The third kappa shape index (κ3) is 1.05. The van der Waals surface area contributed by atoms with E-state index < -0.39 is 0 Å². The molecule has 0 aromatic carbocycles. The molecule has 0 nitrogen and oxygen atoms in total. The summed E-state index contributed by atoms with van der Waals surface area (Å²) < 4.78 is 0. The molecule has 2 aliphatic rings. The van der Waals surface area contributed by atoms with Gasteiger partial charge in [0, 0.05) is 6.42 Å². The van der Waals surface area contributed by atoms with E-state index in [2.05, 4.69) is 32.4 Å². The Balaban J connectivity index is 2.32. The minimum atomic E-state index is 0.802. The molecule has 0 spiro atoms. The molecule has 0 bridgehead atoms. The zero-order valence-electron chi connectivity index (χ0n) is 7.30. The Morgan fingerprint density at radius 2 is 1.73 bits per heavy atom. The first-order chi connectivity index (χ1) is 5.29. The normalized spacial score (nSPS) is 36.2. The molecule has 2 atom stereocenters. The Hall–Kier alpha value is -0.520. The van der Waals surface area contributed by atoms with E-state index in [9.17, 15) is 0 Å². The Morgan fingerprint density at radius 3 is 2.36 bits per heavy atom. The van der Waals surface area contributed by atoms with Crippen molar-refractivity contribution in [2.24, 2.45) is 11.8 Å². The van der Waals surface area contributed by atoms with Crippen LogP contribution in [0.25, 0.3) is 0 Å². The third-order valence-electron chi connectivity index (χ3n) is 2.98. The first-order valence-corrected chi connectivity index (χ1v) is 4.54. The van der Waals surface area contributed by atoms with Gasteiger partial charge in [-0.2, -0.15) is 0 Å². The quantitative estimate of drug-likeness (QED) is 0.494. The second kappa shape index (κ2) is 2.51. The van der Waals surface area contributed by atoms with Crippen molar-refractivity contribution < 1.29 is 0 Å². The van der Waals surface area contributed by atoms with E-state index in [1.807, 2.05) is 0 Å². The lowest BCUT2D eigenvalue weighted by molar-refractivity contribution is 0.471. The van der Waals surface area contributed by atoms with Crippen LogP contribution in [0.3, 0.4) is 0 Å². The molecule has 0 fully saturated rings. The zero-order chi connectivity index (χ0) is 7.84. The van der Waals surface area contributed by atoms with E-state index in [1.165, 1.54) is 12.8 Å². The standard InChI is InChI=1S/C11H15/c1-8-6-7-9(2)11-5-3-4-10(8)11/h3-5,8-9H,6-7H2,1-2H3. The largest absolute Gasteiger partial charge is 0.0761 e. The van der Waals surface area contributed by atoms with E-state index in [4.69, 9.17) is 0 Å². The van der Waals surface area contributed by atoms with Crippen molar-refractivity contribution >= 4 is 0 Å². The highest BCUT2D eigenvalue weighted by molar-refractivity contribution is 5.45. The molecule has 11 heavy (non-hydrogen) atoms. The SMILES string of the molecule is CC1CCC(C)C2=C1[CH]C=C2. The van der Waals surface area contributed by atoms with E-state index in [-0.39, 0.29) is 0 Å². The molecular weight excluding hydrogens is 132 g/mol. The summed E-state index contributed by atoms with van der Waals surface area (Å²) in [6.45, 7) is 4.68. The second-order valence-corrected chi connectivity index (χ2v) is 3.82. The fourth-order valence-electron chi connectivity index (χ4n) is 2.16. The molecule has 59 valence electrons. The Labute approximate surface area is 69.0 Å². The van der Waals surface area contributed by atoms with Gasteiger partial charge >= 0.3 is 0 Å². The van der Waals surface area contributed by atoms with Gasteiger partial charge in [-0.1, -0.05) is 31.6 Å². The predicted molar refractivity (Wildman–Crippen MR) is 48.0 cm³/mol. The first kappa shape index (κ1) is 7.15. The molecule has 0 aliphatic heterocycles. The van der Waals surface area contributed by atoms with Crippen molar-refractivity contribution in [1.82, 2.24) is 0 Å². The van der Waals surface area contributed by atoms with Gasteiger partial charge in [-0.15, -0.1) is 0 Å². The number of allylic oxidation sites excluding steroid dienone is 4. The average Bonchev–Trinajstić information content (AvgIpc) is 2.45. The van der Waals surface area contributed by atoms with Crippen molar-refractivity contribution in [3.8, 4) is 0 Å². The summed E-state index contributed by atoms with van der Waals surface area (Å²) in [5.41, 5.74) is 3.20. The van der Waals surface area contributed by atoms with Crippen molar-refractivity contribution in [3.63, 3.8) is 0 Å². The maximum atomic E-state index is 2.34. The summed E-state index contributed by atoms with van der Waals surface area (Å²) in [5, 5.41) is 0. The number of hydrogen-bond acceptors (Lipinski definition) is 0.